The van der Waals surface area contributed by atoms with Crippen LogP contribution in [0.1, 0.15) is 33.9 Å². The molecule has 2 heterocycles. The normalized spacial score (nSPS) is 24.0. The fourth-order valence-corrected chi connectivity index (χ4v) is 6.02. The van der Waals surface area contributed by atoms with E-state index in [9.17, 15) is 24.4 Å². The zero-order chi connectivity index (χ0) is 29.2. The van der Waals surface area contributed by atoms with Crippen molar-refractivity contribution in [3.63, 3.8) is 0 Å². The number of esters is 1. The van der Waals surface area contributed by atoms with Crippen molar-refractivity contribution in [3.8, 4) is 5.75 Å². The predicted molar refractivity (Wildman–Crippen MR) is 145 cm³/mol. The Morgan fingerprint density at radius 3 is 2.50 bits per heavy atom. The Morgan fingerprint density at radius 1 is 1.10 bits per heavy atom. The van der Waals surface area contributed by atoms with Gasteiger partial charge in [0.2, 0.25) is 0 Å². The number of nitrogens with two attached hydrogens (primary N) is 1. The van der Waals surface area contributed by atoms with Crippen LogP contribution in [0.4, 0.5) is 5.82 Å². The van der Waals surface area contributed by atoms with Gasteiger partial charge < -0.3 is 29.9 Å². The van der Waals surface area contributed by atoms with E-state index in [1.165, 1.54) is 26.1 Å². The maximum Gasteiger partial charge on any atom is 0.459 e. The van der Waals surface area contributed by atoms with E-state index in [0.717, 1.165) is 9.95 Å². The molecular formula is C26H33N4O9P. The number of anilines is 1. The summed E-state index contributed by atoms with van der Waals surface area (Å²) in [6.07, 6.45) is -5.98. The number of hydrogen-bond acceptors (Lipinski definition) is 11. The minimum absolute atomic E-state index is 0.0229. The van der Waals surface area contributed by atoms with Gasteiger partial charge in [-0.15, -0.1) is 0 Å². The van der Waals surface area contributed by atoms with Gasteiger partial charge in [0.15, 0.2) is 6.23 Å². The van der Waals surface area contributed by atoms with Crippen LogP contribution in [0.15, 0.2) is 59.5 Å². The smallest absolute Gasteiger partial charge is 0.459 e. The highest BCUT2D eigenvalue weighted by Gasteiger charge is 2.49. The van der Waals surface area contributed by atoms with Gasteiger partial charge in [-0.1, -0.05) is 36.4 Å². The fourth-order valence-electron chi connectivity index (χ4n) is 4.31. The molecule has 3 aromatic rings. The number of benzene rings is 2. The highest BCUT2D eigenvalue weighted by Crippen LogP contribution is 2.49. The number of rotatable bonds is 10. The number of aliphatic hydroxyl groups excluding tert-OH is 2. The first kappa shape index (κ1) is 29.7. The van der Waals surface area contributed by atoms with Gasteiger partial charge in [-0.2, -0.15) is 10.1 Å². The molecular weight excluding hydrogens is 543 g/mol. The number of nitrogen functional groups attached to an aromatic ring is 1. The molecule has 2 aromatic carbocycles. The van der Waals surface area contributed by atoms with Crippen molar-refractivity contribution < 1.29 is 38.1 Å². The first-order valence-corrected chi connectivity index (χ1v) is 14.2. The number of aromatic nitrogens is 2. The number of hydrogen-bond donors (Lipinski definition) is 4. The molecule has 1 fully saturated rings. The summed E-state index contributed by atoms with van der Waals surface area (Å²) in [4.78, 5) is 28.4. The highest BCUT2D eigenvalue weighted by molar-refractivity contribution is 7.52. The van der Waals surface area contributed by atoms with Gasteiger partial charge in [0.1, 0.15) is 35.9 Å². The van der Waals surface area contributed by atoms with E-state index < -0.39 is 62.2 Å². The van der Waals surface area contributed by atoms with Gasteiger partial charge in [-0.25, -0.2) is 9.36 Å². The fraction of sp³-hybridized carbons (Fsp3) is 0.423. The lowest BCUT2D eigenvalue weighted by molar-refractivity contribution is -0.149. The summed E-state index contributed by atoms with van der Waals surface area (Å²) in [5.41, 5.74) is 4.74. The number of fused-ring (bicyclic) bond motifs is 1. The van der Waals surface area contributed by atoms with E-state index in [1.807, 2.05) is 18.2 Å². The SMILES string of the molecule is CC(C)OC(=O)C(C)NP(=O)(Oc1cccc2ccccc12)OC(C)[C@H]1O[C@@H](n2ccc(N)nc2=O)C(O)[C@H]1O. The monoisotopic (exact) mass is 576 g/mol. The maximum absolute atomic E-state index is 14.2. The van der Waals surface area contributed by atoms with Crippen LogP contribution in [0.5, 0.6) is 5.75 Å². The van der Waals surface area contributed by atoms with Crippen LogP contribution >= 0.6 is 7.75 Å². The van der Waals surface area contributed by atoms with Gasteiger partial charge in [0.25, 0.3) is 0 Å². The average molecular weight is 577 g/mol. The molecule has 13 nitrogen and oxygen atoms in total. The van der Waals surface area contributed by atoms with Crippen molar-refractivity contribution in [2.45, 2.75) is 70.5 Å². The lowest BCUT2D eigenvalue weighted by atomic mass is 10.1. The number of carbonyl (C=O) groups excluding carboxylic acids is 1. The van der Waals surface area contributed by atoms with Crippen molar-refractivity contribution >= 4 is 30.3 Å². The van der Waals surface area contributed by atoms with E-state index in [0.29, 0.717) is 5.39 Å². The van der Waals surface area contributed by atoms with E-state index in [4.69, 9.17) is 24.3 Å². The van der Waals surface area contributed by atoms with Crippen molar-refractivity contribution in [2.75, 3.05) is 5.73 Å². The molecule has 1 aliphatic rings. The van der Waals surface area contributed by atoms with Crippen LogP contribution < -0.4 is 21.0 Å². The number of aliphatic hydroxyl groups is 2. The number of nitrogens with zero attached hydrogens (tertiary/aromatic N) is 2. The minimum Gasteiger partial charge on any atom is -0.462 e. The second-order valence-corrected chi connectivity index (χ2v) is 11.4. The van der Waals surface area contributed by atoms with Crippen molar-refractivity contribution in [1.82, 2.24) is 14.6 Å². The number of carbonyl (C=O) groups is 1. The third-order valence-electron chi connectivity index (χ3n) is 6.19. The molecule has 1 aliphatic heterocycles. The molecule has 40 heavy (non-hydrogen) atoms. The summed E-state index contributed by atoms with van der Waals surface area (Å²) >= 11 is 0. The standard InChI is InChI=1S/C26H33N4O9P/c1-14(2)36-25(33)15(3)29-40(35,39-19-11-7-9-17-8-5-6-10-18(17)19)38-16(4)23-21(31)22(32)24(37-23)30-13-12-20(27)28-26(30)34/h5-16,21-24,31-32H,1-4H3,(H,29,35)(H2,27,28,34)/t15?,16?,21-,22?,23-,24-,40?/m1/s1. The molecule has 1 saturated heterocycles. The lowest BCUT2D eigenvalue weighted by Gasteiger charge is -2.29. The molecule has 0 amide bonds. The van der Waals surface area contributed by atoms with Crippen LogP contribution in [0, 0.1) is 0 Å². The highest BCUT2D eigenvalue weighted by atomic mass is 31.2. The van der Waals surface area contributed by atoms with Crippen molar-refractivity contribution in [1.29, 1.82) is 0 Å². The predicted octanol–water partition coefficient (Wildman–Crippen LogP) is 2.12. The summed E-state index contributed by atoms with van der Waals surface area (Å²) in [5, 5.41) is 25.5. The van der Waals surface area contributed by atoms with Crippen LogP contribution in [0.25, 0.3) is 10.8 Å². The largest absolute Gasteiger partial charge is 0.462 e. The van der Waals surface area contributed by atoms with Crippen LogP contribution in [-0.4, -0.2) is 62.3 Å². The van der Waals surface area contributed by atoms with Gasteiger partial charge in [0, 0.05) is 11.6 Å². The Bertz CT molecular complexity index is 1460. The van der Waals surface area contributed by atoms with E-state index in [-0.39, 0.29) is 11.6 Å². The van der Waals surface area contributed by atoms with Gasteiger partial charge in [-0.3, -0.25) is 13.9 Å². The third-order valence-corrected chi connectivity index (χ3v) is 7.94. The zero-order valence-corrected chi connectivity index (χ0v) is 23.3. The quantitative estimate of drug-likeness (QED) is 0.204. The number of ether oxygens (including phenoxy) is 2. The van der Waals surface area contributed by atoms with E-state index in [1.54, 1.807) is 38.1 Å². The minimum atomic E-state index is -4.38. The van der Waals surface area contributed by atoms with Gasteiger partial charge >= 0.3 is 19.4 Å². The van der Waals surface area contributed by atoms with Crippen LogP contribution in [0.3, 0.4) is 0 Å². The van der Waals surface area contributed by atoms with E-state index in [2.05, 4.69) is 10.1 Å². The molecule has 7 atom stereocenters. The first-order valence-electron chi connectivity index (χ1n) is 12.7. The van der Waals surface area contributed by atoms with Gasteiger partial charge in [0.05, 0.1) is 12.2 Å². The summed E-state index contributed by atoms with van der Waals surface area (Å²) in [6.45, 7) is 6.25. The third kappa shape index (κ3) is 6.52. The Hall–Kier alpha value is -3.32. The number of nitrogens with one attached hydrogen (secondary N) is 1. The summed E-state index contributed by atoms with van der Waals surface area (Å²) < 4.78 is 37.9. The topological polar surface area (TPSA) is 184 Å². The second-order valence-electron chi connectivity index (χ2n) is 9.73. The average Bonchev–Trinajstić information content (AvgIpc) is 3.18. The molecule has 0 spiro atoms. The Labute approximate surface area is 230 Å². The molecule has 0 saturated carbocycles. The lowest BCUT2D eigenvalue weighted by Crippen LogP contribution is -2.41. The first-order chi connectivity index (χ1) is 18.9. The zero-order valence-electron chi connectivity index (χ0n) is 22.4. The molecule has 216 valence electrons. The Kier molecular flexibility index (Phi) is 8.93. The Balaban J connectivity index is 1.61. The summed E-state index contributed by atoms with van der Waals surface area (Å²) in [5.74, 6) is -0.489. The molecule has 1 aromatic heterocycles. The van der Waals surface area contributed by atoms with Crippen LogP contribution in [-0.2, 0) is 23.4 Å². The second kappa shape index (κ2) is 12.0. The summed E-state index contributed by atoms with van der Waals surface area (Å²) in [7, 11) is -4.38. The van der Waals surface area contributed by atoms with Gasteiger partial charge in [-0.05, 0) is 45.2 Å². The molecule has 4 rings (SSSR count). The molecule has 0 bridgehead atoms. The molecule has 0 radical (unpaired) electrons. The molecule has 14 heteroatoms. The Morgan fingerprint density at radius 2 is 1.80 bits per heavy atom. The van der Waals surface area contributed by atoms with Crippen molar-refractivity contribution in [3.05, 3.63) is 65.2 Å². The van der Waals surface area contributed by atoms with E-state index >= 15 is 0 Å². The molecule has 0 aliphatic carbocycles. The maximum atomic E-state index is 14.2. The molecule has 5 N–H and O–H groups in total. The van der Waals surface area contributed by atoms with Crippen molar-refractivity contribution in [2.24, 2.45) is 0 Å². The summed E-state index contributed by atoms with van der Waals surface area (Å²) in [6, 6.07) is 12.7. The van der Waals surface area contributed by atoms with Crippen LogP contribution in [0.2, 0.25) is 0 Å². The molecule has 4 unspecified atom stereocenters.